The molecule has 2 aromatic carbocycles. The topological polar surface area (TPSA) is 141 Å². The second-order valence-corrected chi connectivity index (χ2v) is 17.7. The van der Waals surface area contributed by atoms with E-state index in [1.807, 2.05) is 26.0 Å². The second kappa shape index (κ2) is 21.7. The Balaban J connectivity index is 0.000000270. The molecule has 5 rings (SSSR count). The summed E-state index contributed by atoms with van der Waals surface area (Å²) in [6.07, 6.45) is 11.2. The van der Waals surface area contributed by atoms with Gasteiger partial charge in [0.2, 0.25) is 6.29 Å². The maximum Gasteiger partial charge on any atom is 0.308 e. The van der Waals surface area contributed by atoms with Crippen LogP contribution in [0.2, 0.25) is 0 Å². The fraction of sp³-hybridized carbons (Fsp3) is 0.580. The Morgan fingerprint density at radius 3 is 1.85 bits per heavy atom. The van der Waals surface area contributed by atoms with Gasteiger partial charge >= 0.3 is 29.8 Å². The molecule has 1 heterocycles. The van der Waals surface area contributed by atoms with Gasteiger partial charge in [0, 0.05) is 63.1 Å². The first kappa shape index (κ1) is 48.7. The van der Waals surface area contributed by atoms with Crippen LogP contribution in [-0.4, -0.2) is 42.7 Å². The smallest absolute Gasteiger partial charge is 0.308 e. The molecule has 11 nitrogen and oxygen atoms in total. The van der Waals surface area contributed by atoms with Gasteiger partial charge in [-0.1, -0.05) is 43.2 Å². The quantitative estimate of drug-likeness (QED) is 0.108. The third-order valence-corrected chi connectivity index (χ3v) is 11.9. The number of fused-ring (bicyclic) bond motifs is 1. The Kier molecular flexibility index (Phi) is 17.4. The van der Waals surface area contributed by atoms with Crippen molar-refractivity contribution in [2.75, 3.05) is 6.61 Å². The van der Waals surface area contributed by atoms with Crippen LogP contribution < -0.4 is 18.9 Å². The molecule has 0 spiro atoms. The molecule has 3 aliphatic rings. The van der Waals surface area contributed by atoms with Crippen LogP contribution in [0, 0.1) is 25.7 Å². The molecule has 334 valence electrons. The summed E-state index contributed by atoms with van der Waals surface area (Å²) in [5.41, 5.74) is 8.39. The molecule has 0 saturated heterocycles. The number of benzene rings is 2. The average molecular weight is 845 g/mol. The van der Waals surface area contributed by atoms with Crippen molar-refractivity contribution in [3.05, 3.63) is 68.8 Å². The van der Waals surface area contributed by atoms with Crippen LogP contribution in [0.5, 0.6) is 23.0 Å². The van der Waals surface area contributed by atoms with Crippen LogP contribution in [-0.2, 0) is 33.4 Å². The van der Waals surface area contributed by atoms with E-state index in [1.165, 1.54) is 45.8 Å². The highest BCUT2D eigenvalue weighted by atomic mass is 16.7. The van der Waals surface area contributed by atoms with Gasteiger partial charge < -0.3 is 28.4 Å². The van der Waals surface area contributed by atoms with Crippen molar-refractivity contribution in [3.8, 4) is 23.0 Å². The molecule has 0 fully saturated rings. The van der Waals surface area contributed by atoms with Crippen molar-refractivity contribution in [2.24, 2.45) is 11.8 Å². The highest BCUT2D eigenvalue weighted by Crippen LogP contribution is 2.56. The van der Waals surface area contributed by atoms with Crippen LogP contribution in [0.1, 0.15) is 185 Å². The Morgan fingerprint density at radius 1 is 0.672 bits per heavy atom. The highest BCUT2D eigenvalue weighted by molar-refractivity contribution is 5.76. The molecule has 7 atom stereocenters. The predicted molar refractivity (Wildman–Crippen MR) is 234 cm³/mol. The van der Waals surface area contributed by atoms with E-state index < -0.39 is 18.2 Å². The second-order valence-electron chi connectivity index (χ2n) is 17.7. The summed E-state index contributed by atoms with van der Waals surface area (Å²) in [6, 6.07) is 3.92. The lowest BCUT2D eigenvalue weighted by atomic mass is 9.68. The predicted octanol–water partition coefficient (Wildman–Crippen LogP) is 11.3. The number of hydrogen-bond donors (Lipinski definition) is 0. The van der Waals surface area contributed by atoms with Crippen molar-refractivity contribution >= 4 is 29.8 Å². The molecular weight excluding hydrogens is 777 g/mol. The molecule has 0 bridgehead atoms. The summed E-state index contributed by atoms with van der Waals surface area (Å²) in [6.45, 7) is 23.7. The van der Waals surface area contributed by atoms with Gasteiger partial charge in [-0.15, -0.1) is 0 Å². The van der Waals surface area contributed by atoms with Crippen LogP contribution in [0.25, 0.3) is 0 Å². The van der Waals surface area contributed by atoms with Gasteiger partial charge in [0.1, 0.15) is 11.5 Å². The van der Waals surface area contributed by atoms with E-state index in [2.05, 4.69) is 53.7 Å². The molecule has 0 aromatic heterocycles. The first-order chi connectivity index (χ1) is 28.7. The minimum atomic E-state index is -0.588. The van der Waals surface area contributed by atoms with Gasteiger partial charge in [0.25, 0.3) is 0 Å². The first-order valence-corrected chi connectivity index (χ1v) is 21.8. The van der Waals surface area contributed by atoms with Gasteiger partial charge in [-0.25, -0.2) is 0 Å². The third kappa shape index (κ3) is 12.8. The standard InChI is InChI=1S/C26H36O6.C24H32O5/c1-15(2)9-8-10-21(14-30-18(5)27)22-12-11-16(3)24-23(22)13-17(4)25(31-19(6)28)26(24)32-20(7)29;1-13(2)8-7-9-19-18-11-10-14(3)21-20(27-16(5)25)12-15(4)23(22(18)21)29-24(19)28-17(6)26/h9,13,16,21-22H,8,10-12,14H2,1-7H3;8,12,14,18-19,24H,7,9-11H2,1-6H3/t16-,21-,22+;14-,18+,19+,24?/m11/s1. The summed E-state index contributed by atoms with van der Waals surface area (Å²) >= 11 is 0. The fourth-order valence-electron chi connectivity index (χ4n) is 9.37. The van der Waals surface area contributed by atoms with Gasteiger partial charge in [-0.3, -0.25) is 24.0 Å². The van der Waals surface area contributed by atoms with Gasteiger partial charge in [-0.2, -0.15) is 0 Å². The van der Waals surface area contributed by atoms with E-state index in [4.69, 9.17) is 28.4 Å². The molecule has 0 saturated carbocycles. The molecule has 1 unspecified atom stereocenters. The summed E-state index contributed by atoms with van der Waals surface area (Å²) in [5.74, 6) is 1.20. The lowest BCUT2D eigenvalue weighted by Crippen LogP contribution is -2.41. The van der Waals surface area contributed by atoms with Crippen molar-refractivity contribution < 1.29 is 52.4 Å². The minimum absolute atomic E-state index is 0.0697. The Bertz CT molecular complexity index is 2020. The number of esters is 5. The number of carbonyl (C=O) groups is 5. The Hall–Kier alpha value is -4.93. The van der Waals surface area contributed by atoms with Gasteiger partial charge in [0.15, 0.2) is 11.5 Å². The van der Waals surface area contributed by atoms with E-state index in [-0.39, 0.29) is 53.4 Å². The number of hydrogen-bond acceptors (Lipinski definition) is 11. The zero-order valence-corrected chi connectivity index (χ0v) is 38.7. The van der Waals surface area contributed by atoms with Crippen molar-refractivity contribution in [1.82, 2.24) is 0 Å². The number of rotatable bonds is 13. The van der Waals surface area contributed by atoms with Crippen LogP contribution >= 0.6 is 0 Å². The largest absolute Gasteiger partial charge is 0.466 e. The molecule has 2 aromatic rings. The van der Waals surface area contributed by atoms with Gasteiger partial charge in [0.05, 0.1) is 6.61 Å². The van der Waals surface area contributed by atoms with E-state index in [1.54, 1.807) is 0 Å². The number of aryl methyl sites for hydroxylation is 2. The van der Waals surface area contributed by atoms with Crippen molar-refractivity contribution in [3.63, 3.8) is 0 Å². The number of allylic oxidation sites excluding steroid dienone is 4. The van der Waals surface area contributed by atoms with E-state index in [0.717, 1.165) is 90.5 Å². The minimum Gasteiger partial charge on any atom is -0.466 e. The van der Waals surface area contributed by atoms with Gasteiger partial charge in [-0.05, 0) is 139 Å². The molecule has 1 aliphatic heterocycles. The van der Waals surface area contributed by atoms with Crippen molar-refractivity contribution in [1.29, 1.82) is 0 Å². The normalized spacial score (nSPS) is 21.3. The summed E-state index contributed by atoms with van der Waals surface area (Å²) in [5, 5.41) is 0. The molecular formula is C50H68O11. The van der Waals surface area contributed by atoms with Crippen LogP contribution in [0.3, 0.4) is 0 Å². The maximum atomic E-state index is 11.9. The molecule has 61 heavy (non-hydrogen) atoms. The first-order valence-electron chi connectivity index (χ1n) is 21.8. The summed E-state index contributed by atoms with van der Waals surface area (Å²) in [7, 11) is 0. The van der Waals surface area contributed by atoms with E-state index in [9.17, 15) is 24.0 Å². The molecule has 0 N–H and O–H groups in total. The third-order valence-electron chi connectivity index (χ3n) is 11.9. The Labute approximate surface area is 362 Å². The monoisotopic (exact) mass is 844 g/mol. The zero-order valence-electron chi connectivity index (χ0n) is 38.7. The lowest BCUT2D eigenvalue weighted by Gasteiger charge is -2.44. The molecule has 11 heteroatoms. The number of carbonyl (C=O) groups excluding carboxylic acids is 5. The molecule has 2 aliphatic carbocycles. The maximum absolute atomic E-state index is 11.9. The average Bonchev–Trinajstić information content (AvgIpc) is 3.13. The summed E-state index contributed by atoms with van der Waals surface area (Å²) in [4.78, 5) is 58.7. The van der Waals surface area contributed by atoms with E-state index >= 15 is 0 Å². The Morgan fingerprint density at radius 2 is 1.26 bits per heavy atom. The molecule has 0 amide bonds. The van der Waals surface area contributed by atoms with E-state index in [0.29, 0.717) is 23.9 Å². The van der Waals surface area contributed by atoms with Crippen molar-refractivity contribution in [2.45, 2.75) is 171 Å². The molecule has 0 radical (unpaired) electrons. The van der Waals surface area contributed by atoms with Crippen LogP contribution in [0.15, 0.2) is 35.4 Å². The zero-order chi connectivity index (χ0) is 45.3. The fourth-order valence-corrected chi connectivity index (χ4v) is 9.37. The van der Waals surface area contributed by atoms with Crippen LogP contribution in [0.4, 0.5) is 0 Å². The SMILES string of the molecule is CC(=O)OC[C@@H](CCC=C(C)C)[C@@H]1CC[C@@H](C)c2c1cc(C)c(OC(C)=O)c2OC(C)=O.CC(=O)Oc1cc(C)c2c3c1[C@H](C)CC[C@H]3[C@H](CCC=C(C)C)C(OC(C)=O)O2. The highest BCUT2D eigenvalue weighted by Gasteiger charge is 2.45. The summed E-state index contributed by atoms with van der Waals surface area (Å²) < 4.78 is 34.0. The number of ether oxygens (including phenoxy) is 6. The lowest BCUT2D eigenvalue weighted by molar-refractivity contribution is -0.174.